The molecule has 116 valence electrons. The summed E-state index contributed by atoms with van der Waals surface area (Å²) in [7, 11) is 0. The Bertz CT molecular complexity index is 471. The van der Waals surface area contributed by atoms with Gasteiger partial charge in [-0.15, -0.1) is 0 Å². The van der Waals surface area contributed by atoms with E-state index in [2.05, 4.69) is 42.5 Å². The maximum Gasteiger partial charge on any atom is 0.252 e. The summed E-state index contributed by atoms with van der Waals surface area (Å²) in [5, 5.41) is 6.53. The molecular formula is C16H22Br2N2O. The lowest BCUT2D eigenvalue weighted by Crippen LogP contribution is -2.36. The molecule has 21 heavy (non-hydrogen) atoms. The fraction of sp³-hybridized carbons (Fsp3) is 0.562. The second-order valence-electron chi connectivity index (χ2n) is 5.52. The predicted octanol–water partition coefficient (Wildman–Crippen LogP) is 4.25. The number of rotatable bonds is 5. The van der Waals surface area contributed by atoms with E-state index in [9.17, 15) is 4.79 Å². The highest BCUT2D eigenvalue weighted by atomic mass is 79.9. The standard InChI is InChI=1S/C16H22Br2N2O/c17-12-7-8-14(15(18)11-12)16(21)20-10-9-19-13-5-3-1-2-4-6-13/h7-8,11,13,19H,1-6,9-10H2,(H,20,21). The number of hydrogen-bond donors (Lipinski definition) is 2. The normalized spacial score (nSPS) is 16.5. The van der Waals surface area contributed by atoms with Crippen molar-refractivity contribution in [2.45, 2.75) is 44.6 Å². The number of nitrogens with one attached hydrogen (secondary N) is 2. The molecule has 0 spiro atoms. The minimum atomic E-state index is -0.0305. The van der Waals surface area contributed by atoms with E-state index in [0.717, 1.165) is 15.5 Å². The zero-order valence-electron chi connectivity index (χ0n) is 12.1. The lowest BCUT2D eigenvalue weighted by Gasteiger charge is -2.16. The molecule has 1 aliphatic rings. The molecule has 0 aliphatic heterocycles. The van der Waals surface area contributed by atoms with Gasteiger partial charge in [0.25, 0.3) is 5.91 Å². The Kier molecular flexibility index (Phi) is 7.20. The van der Waals surface area contributed by atoms with Crippen LogP contribution in [0.1, 0.15) is 48.9 Å². The molecule has 5 heteroatoms. The number of benzene rings is 1. The lowest BCUT2D eigenvalue weighted by molar-refractivity contribution is 0.0952. The summed E-state index contributed by atoms with van der Waals surface area (Å²) in [5.41, 5.74) is 0.674. The van der Waals surface area contributed by atoms with Crippen molar-refractivity contribution in [3.63, 3.8) is 0 Å². The summed E-state index contributed by atoms with van der Waals surface area (Å²) < 4.78 is 1.77. The zero-order valence-corrected chi connectivity index (χ0v) is 15.3. The van der Waals surface area contributed by atoms with Crippen LogP contribution in [0.3, 0.4) is 0 Å². The van der Waals surface area contributed by atoms with Gasteiger partial charge in [-0.1, -0.05) is 41.6 Å². The molecule has 0 aromatic heterocycles. The molecule has 0 heterocycles. The van der Waals surface area contributed by atoms with Crippen LogP contribution in [0.25, 0.3) is 0 Å². The maximum atomic E-state index is 12.1. The van der Waals surface area contributed by atoms with Crippen molar-refractivity contribution in [1.29, 1.82) is 0 Å². The maximum absolute atomic E-state index is 12.1. The minimum Gasteiger partial charge on any atom is -0.351 e. The molecule has 1 aliphatic carbocycles. The Morgan fingerprint density at radius 2 is 1.81 bits per heavy atom. The summed E-state index contributed by atoms with van der Waals surface area (Å²) in [5.74, 6) is -0.0305. The quantitative estimate of drug-likeness (QED) is 0.555. The molecule has 1 saturated carbocycles. The van der Waals surface area contributed by atoms with Gasteiger partial charge in [0.15, 0.2) is 0 Å². The summed E-state index contributed by atoms with van der Waals surface area (Å²) >= 11 is 6.81. The molecule has 2 rings (SSSR count). The van der Waals surface area contributed by atoms with Crippen LogP contribution in [-0.4, -0.2) is 25.0 Å². The van der Waals surface area contributed by atoms with Crippen molar-refractivity contribution in [2.75, 3.05) is 13.1 Å². The van der Waals surface area contributed by atoms with Crippen LogP contribution in [0.5, 0.6) is 0 Å². The van der Waals surface area contributed by atoms with E-state index < -0.39 is 0 Å². The topological polar surface area (TPSA) is 41.1 Å². The first kappa shape index (κ1) is 17.0. The predicted molar refractivity (Wildman–Crippen MR) is 93.7 cm³/mol. The third-order valence-electron chi connectivity index (χ3n) is 3.87. The fourth-order valence-corrected chi connectivity index (χ4v) is 3.93. The highest BCUT2D eigenvalue weighted by molar-refractivity contribution is 9.11. The average molecular weight is 418 g/mol. The van der Waals surface area contributed by atoms with Gasteiger partial charge >= 0.3 is 0 Å². The number of halogens is 2. The smallest absolute Gasteiger partial charge is 0.252 e. The van der Waals surface area contributed by atoms with Crippen LogP contribution in [0.4, 0.5) is 0 Å². The summed E-state index contributed by atoms with van der Waals surface area (Å²) in [6.07, 6.45) is 7.93. The molecule has 0 bridgehead atoms. The first-order valence-corrected chi connectivity index (χ1v) is 9.22. The van der Waals surface area contributed by atoms with Crippen LogP contribution in [0, 0.1) is 0 Å². The van der Waals surface area contributed by atoms with Gasteiger partial charge in [-0.3, -0.25) is 4.79 Å². The number of amides is 1. The molecule has 0 saturated heterocycles. The van der Waals surface area contributed by atoms with Crippen molar-refractivity contribution >= 4 is 37.8 Å². The molecule has 1 aromatic rings. The van der Waals surface area contributed by atoms with E-state index >= 15 is 0 Å². The van der Waals surface area contributed by atoms with Crippen molar-refractivity contribution in [1.82, 2.24) is 10.6 Å². The molecule has 0 radical (unpaired) electrons. The van der Waals surface area contributed by atoms with Gasteiger partial charge in [-0.2, -0.15) is 0 Å². The molecule has 0 unspecified atom stereocenters. The van der Waals surface area contributed by atoms with Gasteiger partial charge in [0, 0.05) is 28.1 Å². The number of carbonyl (C=O) groups is 1. The second kappa shape index (κ2) is 8.91. The van der Waals surface area contributed by atoms with E-state index in [4.69, 9.17) is 0 Å². The van der Waals surface area contributed by atoms with Crippen molar-refractivity contribution in [3.05, 3.63) is 32.7 Å². The Morgan fingerprint density at radius 1 is 1.10 bits per heavy atom. The number of hydrogen-bond acceptors (Lipinski definition) is 2. The molecule has 0 atom stereocenters. The molecule has 2 N–H and O–H groups in total. The fourth-order valence-electron chi connectivity index (χ4n) is 2.70. The monoisotopic (exact) mass is 416 g/mol. The van der Waals surface area contributed by atoms with Gasteiger partial charge < -0.3 is 10.6 Å². The molecule has 1 fully saturated rings. The molecular weight excluding hydrogens is 396 g/mol. The number of carbonyl (C=O) groups excluding carboxylic acids is 1. The van der Waals surface area contributed by atoms with Crippen LogP contribution in [0.15, 0.2) is 27.1 Å². The van der Waals surface area contributed by atoms with E-state index in [1.54, 1.807) is 0 Å². The van der Waals surface area contributed by atoms with Crippen LogP contribution < -0.4 is 10.6 Å². The van der Waals surface area contributed by atoms with Gasteiger partial charge in [0.1, 0.15) is 0 Å². The molecule has 3 nitrogen and oxygen atoms in total. The largest absolute Gasteiger partial charge is 0.351 e. The summed E-state index contributed by atoms with van der Waals surface area (Å²) in [6.45, 7) is 1.50. The lowest BCUT2D eigenvalue weighted by atomic mass is 10.1. The van der Waals surface area contributed by atoms with Crippen molar-refractivity contribution < 1.29 is 4.79 Å². The van der Waals surface area contributed by atoms with E-state index in [1.165, 1.54) is 38.5 Å². The molecule has 1 aromatic carbocycles. The highest BCUT2D eigenvalue weighted by Gasteiger charge is 2.12. The van der Waals surface area contributed by atoms with E-state index in [1.807, 2.05) is 18.2 Å². The van der Waals surface area contributed by atoms with Crippen molar-refractivity contribution in [2.24, 2.45) is 0 Å². The second-order valence-corrected chi connectivity index (χ2v) is 7.29. The van der Waals surface area contributed by atoms with Gasteiger partial charge in [0.2, 0.25) is 0 Å². The van der Waals surface area contributed by atoms with Crippen molar-refractivity contribution in [3.8, 4) is 0 Å². The first-order valence-electron chi connectivity index (χ1n) is 7.63. The van der Waals surface area contributed by atoms with Gasteiger partial charge in [-0.25, -0.2) is 0 Å². The SMILES string of the molecule is O=C(NCCNC1CCCCCC1)c1ccc(Br)cc1Br. The minimum absolute atomic E-state index is 0.0305. The van der Waals surface area contributed by atoms with Crippen LogP contribution >= 0.6 is 31.9 Å². The third-order valence-corrected chi connectivity index (χ3v) is 5.02. The highest BCUT2D eigenvalue weighted by Crippen LogP contribution is 2.21. The van der Waals surface area contributed by atoms with E-state index in [0.29, 0.717) is 18.2 Å². The summed E-state index contributed by atoms with van der Waals surface area (Å²) in [6, 6.07) is 6.22. The Hall–Kier alpha value is -0.390. The Labute approximate surface area is 143 Å². The molecule has 1 amide bonds. The van der Waals surface area contributed by atoms with E-state index in [-0.39, 0.29) is 5.91 Å². The zero-order chi connectivity index (χ0) is 15.1. The summed E-state index contributed by atoms with van der Waals surface area (Å²) in [4.78, 5) is 12.1. The first-order chi connectivity index (χ1) is 10.2. The third kappa shape index (κ3) is 5.72. The van der Waals surface area contributed by atoms with Gasteiger partial charge in [-0.05, 0) is 47.0 Å². The average Bonchev–Trinajstić information content (AvgIpc) is 2.72. The van der Waals surface area contributed by atoms with Gasteiger partial charge in [0.05, 0.1) is 5.56 Å². The Balaban J connectivity index is 1.71. The van der Waals surface area contributed by atoms with Crippen LogP contribution in [0.2, 0.25) is 0 Å². The van der Waals surface area contributed by atoms with Crippen LogP contribution in [-0.2, 0) is 0 Å². The Morgan fingerprint density at radius 3 is 2.48 bits per heavy atom.